The molecule has 0 radical (unpaired) electrons. The number of rotatable bonds is 6. The van der Waals surface area contributed by atoms with Gasteiger partial charge in [0.15, 0.2) is 0 Å². The summed E-state index contributed by atoms with van der Waals surface area (Å²) in [5, 5.41) is 20.3. The fourth-order valence-electron chi connectivity index (χ4n) is 2.42. The van der Waals surface area contributed by atoms with Gasteiger partial charge in [-0.3, -0.25) is 0 Å². The number of amides is 1. The van der Waals surface area contributed by atoms with Gasteiger partial charge in [-0.2, -0.15) is 0 Å². The highest BCUT2D eigenvalue weighted by molar-refractivity contribution is 7.11. The van der Waals surface area contributed by atoms with Crippen molar-refractivity contribution in [1.29, 1.82) is 0 Å². The maximum atomic E-state index is 12.3. The number of nitrogens with zero attached hydrogens (tertiary/aromatic N) is 2. The van der Waals surface area contributed by atoms with Gasteiger partial charge in [0.25, 0.3) is 0 Å². The van der Waals surface area contributed by atoms with Crippen molar-refractivity contribution < 1.29 is 19.7 Å². The molecule has 0 saturated carbocycles. The third-order valence-corrected chi connectivity index (χ3v) is 4.87. The predicted molar refractivity (Wildman–Crippen MR) is 95.0 cm³/mol. The van der Waals surface area contributed by atoms with Crippen LogP contribution in [0.1, 0.15) is 62.7 Å². The van der Waals surface area contributed by atoms with Crippen molar-refractivity contribution in [1.82, 2.24) is 9.88 Å². The number of aromatic nitrogens is 1. The number of carbonyl (C=O) groups is 1. The van der Waals surface area contributed by atoms with Gasteiger partial charge in [-0.15, -0.1) is 11.3 Å². The van der Waals surface area contributed by atoms with E-state index in [9.17, 15) is 15.0 Å². The van der Waals surface area contributed by atoms with Gasteiger partial charge < -0.3 is 19.8 Å². The molecule has 6 nitrogen and oxygen atoms in total. The van der Waals surface area contributed by atoms with Gasteiger partial charge in [0.2, 0.25) is 0 Å². The summed E-state index contributed by atoms with van der Waals surface area (Å²) in [5.41, 5.74) is 0.0316. The quantitative estimate of drug-likeness (QED) is 0.815. The van der Waals surface area contributed by atoms with Crippen molar-refractivity contribution in [2.45, 2.75) is 72.3 Å². The van der Waals surface area contributed by atoms with Crippen LogP contribution < -0.4 is 0 Å². The molecule has 1 rings (SSSR count). The highest BCUT2D eigenvalue weighted by Crippen LogP contribution is 2.29. The summed E-state index contributed by atoms with van der Waals surface area (Å²) in [6, 6.07) is -0.184. The number of aliphatic hydroxyl groups excluding tert-OH is 2. The number of carbonyl (C=O) groups excluding carboxylic acids is 1. The fourth-order valence-corrected chi connectivity index (χ4v) is 3.35. The van der Waals surface area contributed by atoms with Crippen LogP contribution in [0, 0.1) is 12.8 Å². The fraction of sp³-hybridized carbons (Fsp3) is 0.765. The minimum Gasteiger partial charge on any atom is -0.444 e. The van der Waals surface area contributed by atoms with E-state index in [0.717, 1.165) is 4.88 Å². The Balaban J connectivity index is 2.86. The number of thiazole rings is 1. The highest BCUT2D eigenvalue weighted by Gasteiger charge is 2.30. The van der Waals surface area contributed by atoms with E-state index >= 15 is 0 Å². The molecule has 0 aliphatic heterocycles. The second-order valence-corrected chi connectivity index (χ2v) is 8.60. The normalized spacial score (nSPS) is 14.6. The molecule has 1 aromatic heterocycles. The lowest BCUT2D eigenvalue weighted by atomic mass is 9.97. The Bertz CT molecular complexity index is 551. The van der Waals surface area contributed by atoms with E-state index in [1.807, 2.05) is 41.5 Å². The average molecular weight is 359 g/mol. The van der Waals surface area contributed by atoms with E-state index in [1.54, 1.807) is 11.9 Å². The van der Waals surface area contributed by atoms with Crippen LogP contribution in [0.4, 0.5) is 4.79 Å². The Hall–Kier alpha value is -1.18. The van der Waals surface area contributed by atoms with Crippen LogP contribution in [-0.4, -0.2) is 44.9 Å². The number of hydrogen-bond donors (Lipinski definition) is 2. The molecule has 0 aliphatic carbocycles. The number of hydrogen-bond acceptors (Lipinski definition) is 6. The molecule has 1 heterocycles. The molecule has 138 valence electrons. The molecule has 7 heteroatoms. The zero-order valence-corrected chi connectivity index (χ0v) is 16.5. The molecular weight excluding hydrogens is 328 g/mol. The first-order valence-electron chi connectivity index (χ1n) is 8.17. The number of aryl methyl sites for hydroxylation is 1. The van der Waals surface area contributed by atoms with Gasteiger partial charge in [0, 0.05) is 24.4 Å². The molecule has 1 aromatic rings. The first-order valence-corrected chi connectivity index (χ1v) is 8.98. The predicted octanol–water partition coefficient (Wildman–Crippen LogP) is 3.26. The molecule has 0 saturated heterocycles. The standard InChI is InChI=1S/C17H30N2O4S/c1-10(2)13(19(7)16(22)23-17(4,5)6)8-14(21)15-18-12(9-20)11(3)24-15/h10,13-14,20-21H,8-9H2,1-7H3/t13-,14-/m1/s1. The number of aliphatic hydroxyl groups is 2. The van der Waals surface area contributed by atoms with Gasteiger partial charge in [-0.05, 0) is 33.6 Å². The Morgan fingerprint density at radius 3 is 2.38 bits per heavy atom. The second-order valence-electron chi connectivity index (χ2n) is 7.37. The Morgan fingerprint density at radius 2 is 1.96 bits per heavy atom. The monoisotopic (exact) mass is 358 g/mol. The largest absolute Gasteiger partial charge is 0.444 e. The van der Waals surface area contributed by atoms with Gasteiger partial charge in [0.1, 0.15) is 16.7 Å². The van der Waals surface area contributed by atoms with Crippen molar-refractivity contribution in [3.63, 3.8) is 0 Å². The summed E-state index contributed by atoms with van der Waals surface area (Å²) < 4.78 is 5.42. The van der Waals surface area contributed by atoms with Crippen molar-refractivity contribution in [3.8, 4) is 0 Å². The average Bonchev–Trinajstić information content (AvgIpc) is 2.82. The van der Waals surface area contributed by atoms with E-state index in [0.29, 0.717) is 17.1 Å². The van der Waals surface area contributed by atoms with Crippen molar-refractivity contribution in [2.75, 3.05) is 7.05 Å². The van der Waals surface area contributed by atoms with Crippen LogP contribution in [0.15, 0.2) is 0 Å². The number of ether oxygens (including phenoxy) is 1. The summed E-state index contributed by atoms with van der Waals surface area (Å²) in [6.07, 6.45) is -0.823. The Kier molecular flexibility index (Phi) is 7.19. The van der Waals surface area contributed by atoms with Crippen molar-refractivity contribution in [3.05, 3.63) is 15.6 Å². The van der Waals surface area contributed by atoms with Crippen LogP contribution in [-0.2, 0) is 11.3 Å². The van der Waals surface area contributed by atoms with Crippen molar-refractivity contribution in [2.24, 2.45) is 5.92 Å². The van der Waals surface area contributed by atoms with E-state index in [1.165, 1.54) is 11.3 Å². The maximum Gasteiger partial charge on any atom is 0.410 e. The van der Waals surface area contributed by atoms with E-state index in [4.69, 9.17) is 4.74 Å². The van der Waals surface area contributed by atoms with E-state index < -0.39 is 17.8 Å². The maximum absolute atomic E-state index is 12.3. The van der Waals surface area contributed by atoms with Crippen LogP contribution >= 0.6 is 11.3 Å². The first-order chi connectivity index (χ1) is 11.0. The molecule has 1 amide bonds. The molecule has 2 atom stereocenters. The first kappa shape index (κ1) is 20.9. The minimum atomic E-state index is -0.786. The molecule has 0 aliphatic rings. The Morgan fingerprint density at radius 1 is 1.38 bits per heavy atom. The van der Waals surface area contributed by atoms with Crippen molar-refractivity contribution >= 4 is 17.4 Å². The minimum absolute atomic E-state index is 0.138. The van der Waals surface area contributed by atoms with Crippen LogP contribution in [0.5, 0.6) is 0 Å². The van der Waals surface area contributed by atoms with Gasteiger partial charge in [-0.25, -0.2) is 9.78 Å². The molecule has 0 unspecified atom stereocenters. The third kappa shape index (κ3) is 5.72. The summed E-state index contributed by atoms with van der Waals surface area (Å²) in [4.78, 5) is 19.0. The SMILES string of the molecule is Cc1sc([C@H](O)C[C@H](C(C)C)N(C)C(=O)OC(C)(C)C)nc1CO. The van der Waals surface area contributed by atoms with Gasteiger partial charge in [0.05, 0.1) is 12.3 Å². The summed E-state index contributed by atoms with van der Waals surface area (Å²) in [7, 11) is 1.69. The summed E-state index contributed by atoms with van der Waals surface area (Å²) >= 11 is 1.38. The molecule has 24 heavy (non-hydrogen) atoms. The lowest BCUT2D eigenvalue weighted by molar-refractivity contribution is 0.0106. The second kappa shape index (κ2) is 8.27. The summed E-state index contributed by atoms with van der Waals surface area (Å²) in [5.74, 6) is 0.149. The smallest absolute Gasteiger partial charge is 0.410 e. The molecule has 0 spiro atoms. The van der Waals surface area contributed by atoms with E-state index in [-0.39, 0.29) is 18.6 Å². The lowest BCUT2D eigenvalue weighted by Gasteiger charge is -2.34. The Labute approximate surface area is 148 Å². The topological polar surface area (TPSA) is 82.9 Å². The lowest BCUT2D eigenvalue weighted by Crippen LogP contribution is -2.44. The van der Waals surface area contributed by atoms with Gasteiger partial charge >= 0.3 is 6.09 Å². The van der Waals surface area contributed by atoms with E-state index in [2.05, 4.69) is 4.98 Å². The molecule has 0 fully saturated rings. The third-order valence-electron chi connectivity index (χ3n) is 3.76. The molecule has 2 N–H and O–H groups in total. The summed E-state index contributed by atoms with van der Waals surface area (Å²) in [6.45, 7) is 11.2. The zero-order chi connectivity index (χ0) is 18.7. The van der Waals surface area contributed by atoms with Crippen LogP contribution in [0.25, 0.3) is 0 Å². The van der Waals surface area contributed by atoms with Crippen LogP contribution in [0.2, 0.25) is 0 Å². The molecule has 0 aromatic carbocycles. The molecule has 0 bridgehead atoms. The zero-order valence-electron chi connectivity index (χ0n) is 15.7. The molecular formula is C17H30N2O4S. The van der Waals surface area contributed by atoms with Crippen LogP contribution in [0.3, 0.4) is 0 Å². The highest BCUT2D eigenvalue weighted by atomic mass is 32.1. The van der Waals surface area contributed by atoms with Gasteiger partial charge in [-0.1, -0.05) is 13.8 Å².